The maximum absolute atomic E-state index is 9.72. The second-order valence-corrected chi connectivity index (χ2v) is 6.13. The van der Waals surface area contributed by atoms with Crippen molar-refractivity contribution in [3.05, 3.63) is 53.3 Å². The molecule has 0 radical (unpaired) electrons. The first-order chi connectivity index (χ1) is 13.2. The van der Waals surface area contributed by atoms with Crippen molar-refractivity contribution in [1.82, 2.24) is 15.0 Å². The maximum atomic E-state index is 9.72. The molecule has 7 heteroatoms. The fourth-order valence-electron chi connectivity index (χ4n) is 3.52. The predicted molar refractivity (Wildman–Crippen MR) is 98.6 cm³/mol. The van der Waals surface area contributed by atoms with E-state index in [1.54, 1.807) is 0 Å². The van der Waals surface area contributed by atoms with Crippen LogP contribution in [0.2, 0.25) is 0 Å². The van der Waals surface area contributed by atoms with Crippen molar-refractivity contribution < 1.29 is 4.42 Å². The minimum absolute atomic E-state index is 0.0568. The Morgan fingerprint density at radius 1 is 1.04 bits per heavy atom. The summed E-state index contributed by atoms with van der Waals surface area (Å²) in [5, 5.41) is 30.7. The molecular formula is C20H10N6O. The molecule has 3 aromatic heterocycles. The maximum Gasteiger partial charge on any atom is 0.232 e. The molecule has 0 saturated carbocycles. The highest BCUT2D eigenvalue weighted by atomic mass is 16.3. The second-order valence-electron chi connectivity index (χ2n) is 6.13. The SMILES string of the molecule is N#CCc1nc2oc3ccc4ccccc4c3c3c(C#N)c(=N)nc([nH]1)c23. The summed E-state index contributed by atoms with van der Waals surface area (Å²) in [6.07, 6.45) is 0.0568. The Balaban J connectivity index is 2.17. The number of hydrogen-bond donors (Lipinski definition) is 2. The molecule has 0 bridgehead atoms. The third-order valence-corrected chi connectivity index (χ3v) is 4.62. The van der Waals surface area contributed by atoms with Crippen molar-refractivity contribution in [2.24, 2.45) is 0 Å². The van der Waals surface area contributed by atoms with Gasteiger partial charge in [-0.05, 0) is 16.8 Å². The molecule has 0 fully saturated rings. The molecule has 5 aromatic rings. The Kier molecular flexibility index (Phi) is 3.00. The van der Waals surface area contributed by atoms with Gasteiger partial charge in [0.1, 0.15) is 28.7 Å². The van der Waals surface area contributed by atoms with E-state index >= 15 is 0 Å². The van der Waals surface area contributed by atoms with Crippen LogP contribution in [0.25, 0.3) is 43.9 Å². The number of aromatic nitrogens is 3. The topological polar surface area (TPSA) is 126 Å². The van der Waals surface area contributed by atoms with Crippen LogP contribution in [0.3, 0.4) is 0 Å². The number of nitrogens with zero attached hydrogens (tertiary/aromatic N) is 4. The lowest BCUT2D eigenvalue weighted by Gasteiger charge is -2.12. The van der Waals surface area contributed by atoms with Crippen molar-refractivity contribution in [1.29, 1.82) is 15.9 Å². The number of fused-ring (bicyclic) bond motifs is 4. The second kappa shape index (κ2) is 5.38. The van der Waals surface area contributed by atoms with Crippen molar-refractivity contribution in [3.63, 3.8) is 0 Å². The standard InChI is InChI=1S/C20H10N6O/c21-8-7-14-24-19-17-16(12(9-22)18(23)26-19)15-11-4-2-1-3-10(11)5-6-13(15)27-20(17)25-14/h1-6H,7H2,(H2,23,24,25,26). The van der Waals surface area contributed by atoms with Crippen LogP contribution >= 0.6 is 0 Å². The molecule has 0 atom stereocenters. The third kappa shape index (κ3) is 2.03. The van der Waals surface area contributed by atoms with Gasteiger partial charge in [-0.15, -0.1) is 0 Å². The number of aromatic amines is 1. The van der Waals surface area contributed by atoms with Gasteiger partial charge in [-0.2, -0.15) is 15.5 Å². The summed E-state index contributed by atoms with van der Waals surface area (Å²) in [4.78, 5) is 11.6. The molecule has 27 heavy (non-hydrogen) atoms. The highest BCUT2D eigenvalue weighted by molar-refractivity contribution is 6.24. The zero-order chi connectivity index (χ0) is 18.5. The summed E-state index contributed by atoms with van der Waals surface area (Å²) >= 11 is 0. The first-order valence-electron chi connectivity index (χ1n) is 8.20. The Bertz CT molecular complexity index is 1540. The van der Waals surface area contributed by atoms with Gasteiger partial charge >= 0.3 is 0 Å². The molecule has 5 rings (SSSR count). The molecule has 126 valence electrons. The summed E-state index contributed by atoms with van der Waals surface area (Å²) in [5.41, 5.74) is 1.27. The van der Waals surface area contributed by atoms with E-state index in [0.29, 0.717) is 27.8 Å². The first kappa shape index (κ1) is 15.1. The van der Waals surface area contributed by atoms with Crippen LogP contribution in [0, 0.1) is 28.1 Å². The molecule has 0 aliphatic rings. The van der Waals surface area contributed by atoms with Crippen molar-refractivity contribution in [2.75, 3.05) is 0 Å². The molecule has 0 aliphatic carbocycles. The van der Waals surface area contributed by atoms with Crippen molar-refractivity contribution >= 4 is 43.9 Å². The molecule has 2 N–H and O–H groups in total. The van der Waals surface area contributed by atoms with Crippen LogP contribution < -0.4 is 5.49 Å². The minimum Gasteiger partial charge on any atom is -0.437 e. The lowest BCUT2D eigenvalue weighted by atomic mass is 9.98. The lowest BCUT2D eigenvalue weighted by Crippen LogP contribution is -2.13. The van der Waals surface area contributed by atoms with Crippen molar-refractivity contribution in [3.8, 4) is 12.1 Å². The van der Waals surface area contributed by atoms with Crippen molar-refractivity contribution in [2.45, 2.75) is 6.42 Å². The van der Waals surface area contributed by atoms with Gasteiger partial charge in [0.2, 0.25) is 5.71 Å². The summed E-state index contributed by atoms with van der Waals surface area (Å²) in [6.45, 7) is 0. The van der Waals surface area contributed by atoms with Crippen LogP contribution in [0.15, 0.2) is 40.8 Å². The smallest absolute Gasteiger partial charge is 0.232 e. The Labute approximate surface area is 151 Å². The van der Waals surface area contributed by atoms with E-state index in [1.165, 1.54) is 0 Å². The molecule has 0 aliphatic heterocycles. The average molecular weight is 350 g/mol. The molecule has 3 heterocycles. The van der Waals surface area contributed by atoms with Gasteiger partial charge in [-0.25, -0.2) is 4.98 Å². The van der Waals surface area contributed by atoms with Crippen LogP contribution in [0.5, 0.6) is 0 Å². The highest BCUT2D eigenvalue weighted by Crippen LogP contribution is 2.36. The minimum atomic E-state index is -0.128. The average Bonchev–Trinajstić information content (AvgIpc) is 2.67. The molecule has 7 nitrogen and oxygen atoms in total. The van der Waals surface area contributed by atoms with E-state index in [9.17, 15) is 5.26 Å². The van der Waals surface area contributed by atoms with Gasteiger partial charge in [-0.1, -0.05) is 30.3 Å². The Hall–Kier alpha value is -4.23. The monoisotopic (exact) mass is 350 g/mol. The molecule has 0 spiro atoms. The number of nitriles is 2. The van der Waals surface area contributed by atoms with Crippen LogP contribution in [-0.4, -0.2) is 15.0 Å². The highest BCUT2D eigenvalue weighted by Gasteiger charge is 2.19. The van der Waals surface area contributed by atoms with Gasteiger partial charge in [0.05, 0.1) is 17.9 Å². The van der Waals surface area contributed by atoms with E-state index in [2.05, 4.69) is 21.0 Å². The van der Waals surface area contributed by atoms with Gasteiger partial charge in [0.25, 0.3) is 0 Å². The molecule has 2 aromatic carbocycles. The zero-order valence-electron chi connectivity index (χ0n) is 13.9. The number of nitrogens with one attached hydrogen (secondary N) is 2. The Morgan fingerprint density at radius 3 is 2.70 bits per heavy atom. The lowest BCUT2D eigenvalue weighted by molar-refractivity contribution is 0.643. The quantitative estimate of drug-likeness (QED) is 0.354. The van der Waals surface area contributed by atoms with Crippen LogP contribution in [0.4, 0.5) is 0 Å². The van der Waals surface area contributed by atoms with Gasteiger partial charge < -0.3 is 9.40 Å². The molecule has 0 amide bonds. The largest absolute Gasteiger partial charge is 0.437 e. The molecule has 0 saturated heterocycles. The third-order valence-electron chi connectivity index (χ3n) is 4.62. The number of pyridine rings is 1. The van der Waals surface area contributed by atoms with Crippen LogP contribution in [0.1, 0.15) is 11.4 Å². The van der Waals surface area contributed by atoms with E-state index in [0.717, 1.165) is 16.2 Å². The number of benzene rings is 2. The van der Waals surface area contributed by atoms with E-state index in [-0.39, 0.29) is 23.2 Å². The van der Waals surface area contributed by atoms with E-state index in [4.69, 9.17) is 15.1 Å². The van der Waals surface area contributed by atoms with Gasteiger partial charge in [0.15, 0.2) is 5.49 Å². The summed E-state index contributed by atoms with van der Waals surface area (Å²) < 4.78 is 6.03. The van der Waals surface area contributed by atoms with E-state index in [1.807, 2.05) is 42.5 Å². The summed E-state index contributed by atoms with van der Waals surface area (Å²) in [6, 6.07) is 15.7. The number of rotatable bonds is 1. The van der Waals surface area contributed by atoms with Gasteiger partial charge in [0, 0.05) is 10.8 Å². The normalized spacial score (nSPS) is 11.2. The number of H-pyrrole nitrogens is 1. The Morgan fingerprint density at radius 2 is 1.89 bits per heavy atom. The number of hydrogen-bond acceptors (Lipinski definition) is 6. The van der Waals surface area contributed by atoms with E-state index < -0.39 is 0 Å². The zero-order valence-corrected chi connectivity index (χ0v) is 13.9. The molecular weight excluding hydrogens is 340 g/mol. The fourth-order valence-corrected chi connectivity index (χ4v) is 3.52. The summed E-state index contributed by atoms with van der Waals surface area (Å²) in [5.74, 6) is 0.395. The first-order valence-corrected chi connectivity index (χ1v) is 8.20. The fraction of sp³-hybridized carbons (Fsp3) is 0.0500. The molecule has 0 unspecified atom stereocenters. The predicted octanol–water partition coefficient (Wildman–Crippen LogP) is 3.43. The summed E-state index contributed by atoms with van der Waals surface area (Å²) in [7, 11) is 0. The van der Waals surface area contributed by atoms with Gasteiger partial charge in [-0.3, -0.25) is 5.41 Å². The van der Waals surface area contributed by atoms with Crippen LogP contribution in [-0.2, 0) is 6.42 Å².